The van der Waals surface area contributed by atoms with Crippen molar-refractivity contribution >= 4 is 58.6 Å². The second-order valence-electron chi connectivity index (χ2n) is 16.9. The van der Waals surface area contributed by atoms with Gasteiger partial charge in [-0.1, -0.05) is 89.5 Å². The van der Waals surface area contributed by atoms with E-state index >= 15 is 9.59 Å². The number of aromatic hydroxyl groups is 1. The number of phenolic OH excluding ortho intramolecular Hbond substituents is 1. The van der Waals surface area contributed by atoms with Crippen molar-refractivity contribution in [2.24, 2.45) is 29.6 Å². The van der Waals surface area contributed by atoms with Crippen LogP contribution in [0, 0.1) is 29.6 Å². The number of nitrogens with zero attached hydrogens (tertiary/aromatic N) is 3. The van der Waals surface area contributed by atoms with E-state index in [1.54, 1.807) is 43.5 Å². The topological polar surface area (TPSA) is 138 Å². The lowest BCUT2D eigenvalue weighted by molar-refractivity contribution is -0.144. The lowest BCUT2D eigenvalue weighted by atomic mass is 9.50. The fourth-order valence-corrected chi connectivity index (χ4v) is 11.3. The Morgan fingerprint density at radius 2 is 1.52 bits per heavy atom. The van der Waals surface area contributed by atoms with Gasteiger partial charge < -0.3 is 19.3 Å². The standard InChI is InChI=1S/C49H48Cl2N4O8/c1-61-33-13-10-30(11-14-33)49-37(17-9-29-23-41(62-2)44(56)42(24-29)63-3)34-15-16-35-43(36(34)26-38(49)46(58)55(48(49)60)52-40-18-12-31(50)25-39(40)51)47(59)54(45(35)57)32-19-21-53(22-20-32)27-28-7-5-4-6-8-28/h4-15,17-18,23-25,32,35-38,43,52,56H,16,19-22,26-27H2,1-3H3/t35-,36+,37-,38-,43-,49-/m0/s1. The zero-order chi connectivity index (χ0) is 44.2. The van der Waals surface area contributed by atoms with Crippen LogP contribution in [0.5, 0.6) is 23.0 Å². The summed E-state index contributed by atoms with van der Waals surface area (Å²) in [6.45, 7) is 2.30. The van der Waals surface area contributed by atoms with Gasteiger partial charge in [0.15, 0.2) is 11.5 Å². The quantitative estimate of drug-likeness (QED) is 0.113. The lowest BCUT2D eigenvalue weighted by Crippen LogP contribution is -2.54. The van der Waals surface area contributed by atoms with Crippen molar-refractivity contribution in [3.05, 3.63) is 129 Å². The third kappa shape index (κ3) is 7.22. The number of piperidine rings is 1. The minimum atomic E-state index is -1.52. The average molecular weight is 892 g/mol. The smallest absolute Gasteiger partial charge is 0.260 e. The Labute approximate surface area is 376 Å². The van der Waals surface area contributed by atoms with Gasteiger partial charge in [-0.15, -0.1) is 0 Å². The van der Waals surface area contributed by atoms with Crippen LogP contribution in [0.1, 0.15) is 42.4 Å². The number of allylic oxidation sites excluding steroid dienone is 3. The van der Waals surface area contributed by atoms with E-state index in [1.165, 1.54) is 30.7 Å². The van der Waals surface area contributed by atoms with Gasteiger partial charge in [0.1, 0.15) is 5.75 Å². The van der Waals surface area contributed by atoms with Gasteiger partial charge in [-0.05, 0) is 90.8 Å². The molecular weight excluding hydrogens is 843 g/mol. The number of carbonyl (C=O) groups excluding carboxylic acids is 4. The van der Waals surface area contributed by atoms with E-state index in [-0.39, 0.29) is 46.5 Å². The SMILES string of the molecule is COc1ccc([C@@]23C(=O)N(Nc4ccc(Cl)cc4Cl)C(=O)[C@@H]2C[C@@H]2C(=CC[C@@H]4C(=O)N(C5CCN(Cc6ccccc6)CC5)C(=O)[C@@H]42)[C@@H]3C=Cc2cc(OC)c(O)c(OC)c2)cc1. The fourth-order valence-electron chi connectivity index (χ4n) is 10.9. The summed E-state index contributed by atoms with van der Waals surface area (Å²) >= 11 is 12.8. The number of likely N-dealkylation sites (tertiary alicyclic amines) is 2. The molecule has 6 atom stereocenters. The summed E-state index contributed by atoms with van der Waals surface area (Å²) in [5.74, 6) is -4.22. The van der Waals surface area contributed by atoms with Crippen LogP contribution in [0.3, 0.4) is 0 Å². The number of ether oxygens (including phenoxy) is 3. The maximum absolute atomic E-state index is 15.6. The molecular formula is C49H48Cl2N4O8. The molecule has 0 aromatic heterocycles. The fraction of sp³-hybridized carbons (Fsp3) is 0.347. The van der Waals surface area contributed by atoms with E-state index in [9.17, 15) is 14.7 Å². The molecule has 0 spiro atoms. The van der Waals surface area contributed by atoms with E-state index in [0.717, 1.165) is 30.2 Å². The first-order valence-electron chi connectivity index (χ1n) is 21.2. The molecule has 14 heteroatoms. The van der Waals surface area contributed by atoms with Gasteiger partial charge in [-0.2, -0.15) is 5.01 Å². The number of amides is 4. The number of fused-ring (bicyclic) bond motifs is 4. The molecule has 0 bridgehead atoms. The Morgan fingerprint density at radius 3 is 2.17 bits per heavy atom. The number of halogens is 2. The molecule has 0 radical (unpaired) electrons. The molecule has 2 aliphatic carbocycles. The van der Waals surface area contributed by atoms with Crippen LogP contribution < -0.4 is 19.6 Å². The number of phenols is 1. The molecule has 3 heterocycles. The van der Waals surface area contributed by atoms with E-state index in [0.29, 0.717) is 46.8 Å². The van der Waals surface area contributed by atoms with Crippen LogP contribution >= 0.6 is 23.2 Å². The zero-order valence-corrected chi connectivity index (χ0v) is 36.6. The van der Waals surface area contributed by atoms with Gasteiger partial charge >= 0.3 is 0 Å². The molecule has 5 aliphatic rings. The molecule has 0 unspecified atom stereocenters. The summed E-state index contributed by atoms with van der Waals surface area (Å²) in [5.41, 5.74) is 5.01. The van der Waals surface area contributed by atoms with E-state index < -0.39 is 46.8 Å². The van der Waals surface area contributed by atoms with Crippen LogP contribution in [0.4, 0.5) is 5.69 Å². The highest BCUT2D eigenvalue weighted by atomic mass is 35.5. The number of carbonyl (C=O) groups is 4. The summed E-state index contributed by atoms with van der Waals surface area (Å²) in [5, 5.41) is 12.4. The van der Waals surface area contributed by atoms with Crippen molar-refractivity contribution < 1.29 is 38.5 Å². The number of imide groups is 2. The van der Waals surface area contributed by atoms with Crippen molar-refractivity contribution in [3.8, 4) is 23.0 Å². The number of methoxy groups -OCH3 is 3. The maximum atomic E-state index is 15.6. The highest BCUT2D eigenvalue weighted by Gasteiger charge is 2.70. The number of anilines is 1. The number of nitrogens with one attached hydrogen (secondary N) is 1. The molecule has 326 valence electrons. The minimum absolute atomic E-state index is 0.143. The molecule has 12 nitrogen and oxygen atoms in total. The molecule has 3 aliphatic heterocycles. The first-order valence-corrected chi connectivity index (χ1v) is 21.9. The average Bonchev–Trinajstić information content (AvgIpc) is 3.68. The second kappa shape index (κ2) is 17.0. The number of hydrogen-bond acceptors (Lipinski definition) is 10. The molecule has 63 heavy (non-hydrogen) atoms. The molecule has 1 saturated carbocycles. The van der Waals surface area contributed by atoms with Crippen molar-refractivity contribution in [2.45, 2.75) is 43.7 Å². The number of hydrazine groups is 1. The van der Waals surface area contributed by atoms with Crippen LogP contribution in [-0.2, 0) is 31.1 Å². The van der Waals surface area contributed by atoms with Crippen molar-refractivity contribution in [1.82, 2.24) is 14.8 Å². The van der Waals surface area contributed by atoms with Crippen LogP contribution in [0.25, 0.3) is 6.08 Å². The van der Waals surface area contributed by atoms with Gasteiger partial charge in [0.25, 0.3) is 11.8 Å². The Kier molecular flexibility index (Phi) is 11.5. The summed E-state index contributed by atoms with van der Waals surface area (Å²) in [6.07, 6.45) is 7.53. The van der Waals surface area contributed by atoms with Crippen LogP contribution in [0.2, 0.25) is 10.0 Å². The van der Waals surface area contributed by atoms with Crippen LogP contribution in [0.15, 0.2) is 103 Å². The van der Waals surface area contributed by atoms with Gasteiger partial charge in [-0.25, -0.2) is 0 Å². The molecule has 4 amide bonds. The summed E-state index contributed by atoms with van der Waals surface area (Å²) < 4.78 is 16.5. The molecule has 3 saturated heterocycles. The Hall–Kier alpha value is -5.82. The van der Waals surface area contributed by atoms with Crippen molar-refractivity contribution in [1.29, 1.82) is 0 Å². The molecule has 4 aromatic rings. The monoisotopic (exact) mass is 890 g/mol. The molecule has 9 rings (SSSR count). The summed E-state index contributed by atoms with van der Waals surface area (Å²) in [6, 6.07) is 25.2. The second-order valence-corrected chi connectivity index (χ2v) is 17.8. The molecule has 2 N–H and O–H groups in total. The highest BCUT2D eigenvalue weighted by Crippen LogP contribution is 2.62. The van der Waals surface area contributed by atoms with Crippen molar-refractivity contribution in [2.75, 3.05) is 39.8 Å². The summed E-state index contributed by atoms with van der Waals surface area (Å²) in [4.78, 5) is 64.0. The first-order chi connectivity index (χ1) is 30.5. The number of hydrogen-bond donors (Lipinski definition) is 2. The van der Waals surface area contributed by atoms with Gasteiger partial charge in [0, 0.05) is 36.6 Å². The summed E-state index contributed by atoms with van der Waals surface area (Å²) in [7, 11) is 4.43. The Bertz CT molecular complexity index is 2500. The largest absolute Gasteiger partial charge is 0.502 e. The Balaban J connectivity index is 1.13. The lowest BCUT2D eigenvalue weighted by Gasteiger charge is -2.49. The predicted molar refractivity (Wildman–Crippen MR) is 238 cm³/mol. The predicted octanol–water partition coefficient (Wildman–Crippen LogP) is 7.92. The van der Waals surface area contributed by atoms with Gasteiger partial charge in [0.2, 0.25) is 17.6 Å². The van der Waals surface area contributed by atoms with Gasteiger partial charge in [0.05, 0.1) is 55.2 Å². The minimum Gasteiger partial charge on any atom is -0.502 e. The van der Waals surface area contributed by atoms with E-state index in [4.69, 9.17) is 37.4 Å². The molecule has 4 fully saturated rings. The Morgan fingerprint density at radius 1 is 0.825 bits per heavy atom. The van der Waals surface area contributed by atoms with E-state index in [1.807, 2.05) is 48.6 Å². The normalized spacial score (nSPS) is 26.1. The third-order valence-corrected chi connectivity index (χ3v) is 14.4. The maximum Gasteiger partial charge on any atom is 0.260 e. The first kappa shape index (κ1) is 42.5. The highest BCUT2D eigenvalue weighted by molar-refractivity contribution is 6.36. The third-order valence-electron chi connectivity index (χ3n) is 13.8. The van der Waals surface area contributed by atoms with Crippen molar-refractivity contribution in [3.63, 3.8) is 0 Å². The van der Waals surface area contributed by atoms with Gasteiger partial charge in [-0.3, -0.25) is 34.4 Å². The van der Waals surface area contributed by atoms with Crippen LogP contribution in [-0.4, -0.2) is 84.0 Å². The zero-order valence-electron chi connectivity index (χ0n) is 35.1. The van der Waals surface area contributed by atoms with E-state index in [2.05, 4.69) is 22.5 Å². The number of rotatable bonds is 11. The number of benzene rings is 4. The molecule has 4 aromatic carbocycles.